The summed E-state index contributed by atoms with van der Waals surface area (Å²) in [5.41, 5.74) is 2.45. The van der Waals surface area contributed by atoms with Crippen molar-refractivity contribution in [1.29, 1.82) is 0 Å². The van der Waals surface area contributed by atoms with Crippen molar-refractivity contribution in [3.8, 4) is 5.75 Å². The number of oxazole rings is 1. The van der Waals surface area contributed by atoms with Gasteiger partial charge in [0.25, 0.3) is 11.8 Å². The first-order valence-electron chi connectivity index (χ1n) is 14.1. The van der Waals surface area contributed by atoms with Crippen molar-refractivity contribution in [2.45, 2.75) is 44.8 Å². The van der Waals surface area contributed by atoms with Gasteiger partial charge in [0.05, 0.1) is 29.9 Å². The molecule has 3 atom stereocenters. The Bertz CT molecular complexity index is 1450. The van der Waals surface area contributed by atoms with Crippen LogP contribution in [-0.4, -0.2) is 58.5 Å². The van der Waals surface area contributed by atoms with Crippen LogP contribution in [-0.2, 0) is 22.6 Å². The minimum atomic E-state index is -0.647. The number of imide groups is 1. The molecule has 2 aliphatic heterocycles. The Balaban J connectivity index is 1.38. The van der Waals surface area contributed by atoms with Gasteiger partial charge in [-0.05, 0) is 43.0 Å². The molecule has 3 aliphatic rings. The molecule has 212 valence electrons. The molecule has 1 aromatic heterocycles. The van der Waals surface area contributed by atoms with Crippen LogP contribution in [0.1, 0.15) is 69.3 Å². The Labute approximate surface area is 237 Å². The molecule has 2 unspecified atom stereocenters. The standard InChI is InChI=1S/C31H32N4O6/c1-32-28(36)21-8-2-3-9-22(21)29(37)34-14-13-19-7-6-12-26(40-17-20-15-33-18-41-20)27(19)25(34)16-35-30(38)23-10-4-5-11-24(23)31(35)39/h4-7,10-12,15,18,21-22,25H,2-3,8-9,13-14,16-17H2,1H3,(H,32,36)/t21?,22?,25-/m1/s1. The van der Waals surface area contributed by atoms with Gasteiger partial charge >= 0.3 is 0 Å². The highest BCUT2D eigenvalue weighted by atomic mass is 16.5. The lowest BCUT2D eigenvalue weighted by atomic mass is 9.77. The zero-order valence-corrected chi connectivity index (χ0v) is 22.9. The molecule has 2 aromatic carbocycles. The Hall–Kier alpha value is -4.47. The maximum atomic E-state index is 14.3. The van der Waals surface area contributed by atoms with Crippen molar-refractivity contribution in [2.24, 2.45) is 11.8 Å². The summed E-state index contributed by atoms with van der Waals surface area (Å²) in [6.45, 7) is 0.513. The van der Waals surface area contributed by atoms with E-state index in [0.29, 0.717) is 48.4 Å². The van der Waals surface area contributed by atoms with E-state index in [4.69, 9.17) is 9.15 Å². The predicted octanol–water partition coefficient (Wildman–Crippen LogP) is 3.53. The monoisotopic (exact) mass is 556 g/mol. The maximum absolute atomic E-state index is 14.3. The smallest absolute Gasteiger partial charge is 0.261 e. The molecule has 1 saturated carbocycles. The van der Waals surface area contributed by atoms with Crippen LogP contribution in [0.2, 0.25) is 0 Å². The van der Waals surface area contributed by atoms with Crippen LogP contribution < -0.4 is 10.1 Å². The first-order chi connectivity index (χ1) is 20.0. The van der Waals surface area contributed by atoms with E-state index in [9.17, 15) is 19.2 Å². The fourth-order valence-electron chi connectivity index (χ4n) is 6.50. The van der Waals surface area contributed by atoms with Gasteiger partial charge in [-0.3, -0.25) is 24.1 Å². The molecule has 1 N–H and O–H groups in total. The number of benzene rings is 2. The molecule has 3 heterocycles. The van der Waals surface area contributed by atoms with Gasteiger partial charge < -0.3 is 19.4 Å². The lowest BCUT2D eigenvalue weighted by Crippen LogP contribution is -2.51. The number of nitrogens with zero attached hydrogens (tertiary/aromatic N) is 3. The molecular formula is C31H32N4O6. The van der Waals surface area contributed by atoms with Crippen molar-refractivity contribution in [3.05, 3.63) is 83.1 Å². The number of aromatic nitrogens is 1. The molecule has 0 radical (unpaired) electrons. The second-order valence-electron chi connectivity index (χ2n) is 10.8. The quantitative estimate of drug-likeness (QED) is 0.442. The molecule has 6 rings (SSSR count). The normalized spacial score (nSPS) is 21.8. The summed E-state index contributed by atoms with van der Waals surface area (Å²) in [6, 6.07) is 11.8. The molecule has 3 aromatic rings. The maximum Gasteiger partial charge on any atom is 0.261 e. The number of ether oxygens (including phenoxy) is 1. The fraction of sp³-hybridized carbons (Fsp3) is 0.387. The third kappa shape index (κ3) is 4.87. The van der Waals surface area contributed by atoms with E-state index >= 15 is 0 Å². The number of hydrogen-bond donors (Lipinski definition) is 1. The van der Waals surface area contributed by atoms with Crippen molar-refractivity contribution in [3.63, 3.8) is 0 Å². The summed E-state index contributed by atoms with van der Waals surface area (Å²) in [5.74, 6) is -0.831. The van der Waals surface area contributed by atoms with Crippen LogP contribution in [0.3, 0.4) is 0 Å². The number of fused-ring (bicyclic) bond motifs is 2. The summed E-state index contributed by atoms with van der Waals surface area (Å²) in [4.78, 5) is 60.9. The van der Waals surface area contributed by atoms with Crippen LogP contribution in [0.15, 0.2) is 59.5 Å². The Morgan fingerprint density at radius 1 is 1.02 bits per heavy atom. The van der Waals surface area contributed by atoms with E-state index in [2.05, 4.69) is 10.3 Å². The fourth-order valence-corrected chi connectivity index (χ4v) is 6.50. The van der Waals surface area contributed by atoms with Crippen molar-refractivity contribution >= 4 is 23.6 Å². The minimum absolute atomic E-state index is 0.0227. The minimum Gasteiger partial charge on any atom is -0.485 e. The third-order valence-corrected chi connectivity index (χ3v) is 8.52. The topological polar surface area (TPSA) is 122 Å². The Kier molecular flexibility index (Phi) is 7.30. The number of hydrogen-bond acceptors (Lipinski definition) is 7. The van der Waals surface area contributed by atoms with E-state index in [1.165, 1.54) is 11.3 Å². The first kappa shape index (κ1) is 26.7. The number of carbonyl (C=O) groups is 4. The highest BCUT2D eigenvalue weighted by Crippen LogP contribution is 2.41. The summed E-state index contributed by atoms with van der Waals surface area (Å²) in [6.07, 6.45) is 6.50. The number of carbonyl (C=O) groups excluding carboxylic acids is 4. The lowest BCUT2D eigenvalue weighted by Gasteiger charge is -2.42. The van der Waals surface area contributed by atoms with Gasteiger partial charge in [0, 0.05) is 31.0 Å². The van der Waals surface area contributed by atoms with Crippen LogP contribution in [0.4, 0.5) is 0 Å². The van der Waals surface area contributed by atoms with Crippen LogP contribution in [0, 0.1) is 11.8 Å². The van der Waals surface area contributed by atoms with Gasteiger partial charge in [-0.25, -0.2) is 4.98 Å². The summed E-state index contributed by atoms with van der Waals surface area (Å²) >= 11 is 0. The molecule has 4 amide bonds. The van der Waals surface area contributed by atoms with Crippen LogP contribution in [0.5, 0.6) is 5.75 Å². The zero-order valence-electron chi connectivity index (χ0n) is 22.9. The van der Waals surface area contributed by atoms with Crippen molar-refractivity contribution in [1.82, 2.24) is 20.1 Å². The average molecular weight is 557 g/mol. The van der Waals surface area contributed by atoms with Gasteiger partial charge in [0.15, 0.2) is 12.2 Å². The highest BCUT2D eigenvalue weighted by molar-refractivity contribution is 6.21. The van der Waals surface area contributed by atoms with Crippen LogP contribution >= 0.6 is 0 Å². The average Bonchev–Trinajstić information content (AvgIpc) is 3.62. The van der Waals surface area contributed by atoms with Gasteiger partial charge in [-0.1, -0.05) is 37.1 Å². The molecule has 1 aliphatic carbocycles. The molecule has 10 heteroatoms. The highest BCUT2D eigenvalue weighted by Gasteiger charge is 2.45. The van der Waals surface area contributed by atoms with E-state index in [-0.39, 0.29) is 36.8 Å². The molecule has 0 bridgehead atoms. The molecule has 41 heavy (non-hydrogen) atoms. The van der Waals surface area contributed by atoms with Crippen molar-refractivity contribution < 1.29 is 28.3 Å². The van der Waals surface area contributed by atoms with E-state index in [1.54, 1.807) is 42.4 Å². The summed E-state index contributed by atoms with van der Waals surface area (Å²) in [5, 5.41) is 2.73. The largest absolute Gasteiger partial charge is 0.485 e. The van der Waals surface area contributed by atoms with Gasteiger partial charge in [0.2, 0.25) is 11.8 Å². The molecule has 10 nitrogen and oxygen atoms in total. The molecular weight excluding hydrogens is 524 g/mol. The van der Waals surface area contributed by atoms with E-state index < -0.39 is 17.9 Å². The lowest BCUT2D eigenvalue weighted by molar-refractivity contribution is -0.146. The van der Waals surface area contributed by atoms with Crippen LogP contribution in [0.25, 0.3) is 0 Å². The summed E-state index contributed by atoms with van der Waals surface area (Å²) in [7, 11) is 1.60. The molecule has 1 fully saturated rings. The van der Waals surface area contributed by atoms with Gasteiger partial charge in [0.1, 0.15) is 12.4 Å². The van der Waals surface area contributed by atoms with E-state index in [0.717, 1.165) is 24.0 Å². The van der Waals surface area contributed by atoms with Crippen molar-refractivity contribution in [2.75, 3.05) is 20.1 Å². The van der Waals surface area contributed by atoms with Gasteiger partial charge in [-0.15, -0.1) is 0 Å². The second kappa shape index (κ2) is 11.2. The van der Waals surface area contributed by atoms with E-state index in [1.807, 2.05) is 18.2 Å². The first-order valence-corrected chi connectivity index (χ1v) is 14.1. The molecule has 0 spiro atoms. The predicted molar refractivity (Wildman–Crippen MR) is 147 cm³/mol. The Morgan fingerprint density at radius 3 is 2.44 bits per heavy atom. The summed E-state index contributed by atoms with van der Waals surface area (Å²) < 4.78 is 11.5. The number of nitrogens with one attached hydrogen (secondary N) is 1. The Morgan fingerprint density at radius 2 is 1.76 bits per heavy atom. The second-order valence-corrected chi connectivity index (χ2v) is 10.8. The third-order valence-electron chi connectivity index (χ3n) is 8.52. The number of rotatable bonds is 7. The van der Waals surface area contributed by atoms with Gasteiger partial charge in [-0.2, -0.15) is 0 Å². The SMILES string of the molecule is CNC(=O)C1CCCCC1C(=O)N1CCc2cccc(OCc3cnco3)c2[C@H]1CN1C(=O)c2ccccc2C1=O. The zero-order chi connectivity index (χ0) is 28.5. The number of amides is 4. The molecule has 0 saturated heterocycles.